The van der Waals surface area contributed by atoms with E-state index in [0.717, 1.165) is 0 Å². The van der Waals surface area contributed by atoms with Gasteiger partial charge in [-0.25, -0.2) is 0 Å². The van der Waals surface area contributed by atoms with Crippen LogP contribution in [0.15, 0.2) is 66.5 Å². The Labute approximate surface area is 174 Å². The summed E-state index contributed by atoms with van der Waals surface area (Å²) < 4.78 is 5.18. The number of aromatic hydroxyl groups is 1. The molecule has 0 saturated carbocycles. The maximum absolute atomic E-state index is 13.1. The van der Waals surface area contributed by atoms with Crippen LogP contribution in [0, 0.1) is 13.8 Å². The molecular formula is C24H22N2O4. The molecule has 6 nitrogen and oxygen atoms in total. The SMILES string of the molecule is COc1cccc(NC(=O)/C(=C/c2cc(C)c(O)c(C)c2)C(=O)c2cccnc2)c1. The zero-order chi connectivity index (χ0) is 21.7. The summed E-state index contributed by atoms with van der Waals surface area (Å²) in [4.78, 5) is 30.1. The molecule has 0 aliphatic heterocycles. The number of phenolic OH excluding ortho intramolecular Hbond substituents is 1. The van der Waals surface area contributed by atoms with Crippen molar-refractivity contribution < 1.29 is 19.4 Å². The number of carbonyl (C=O) groups is 2. The van der Waals surface area contributed by atoms with Crippen LogP contribution in [0.1, 0.15) is 27.0 Å². The van der Waals surface area contributed by atoms with Crippen LogP contribution < -0.4 is 10.1 Å². The van der Waals surface area contributed by atoms with Gasteiger partial charge >= 0.3 is 0 Å². The Hall–Kier alpha value is -3.93. The maximum atomic E-state index is 13.1. The van der Waals surface area contributed by atoms with E-state index in [4.69, 9.17) is 4.74 Å². The topological polar surface area (TPSA) is 88.5 Å². The molecule has 6 heteroatoms. The largest absolute Gasteiger partial charge is 0.507 e. The molecule has 0 saturated heterocycles. The molecule has 3 rings (SSSR count). The molecule has 30 heavy (non-hydrogen) atoms. The number of pyridine rings is 1. The van der Waals surface area contributed by atoms with Crippen LogP contribution in [-0.2, 0) is 4.79 Å². The highest BCUT2D eigenvalue weighted by Crippen LogP contribution is 2.25. The second-order valence-corrected chi connectivity index (χ2v) is 6.82. The Kier molecular flexibility index (Phi) is 6.27. The Morgan fingerprint density at radius 3 is 2.43 bits per heavy atom. The molecule has 0 aliphatic rings. The summed E-state index contributed by atoms with van der Waals surface area (Å²) in [6, 6.07) is 13.6. The fourth-order valence-corrected chi connectivity index (χ4v) is 3.03. The van der Waals surface area contributed by atoms with E-state index in [1.807, 2.05) is 0 Å². The molecule has 2 N–H and O–H groups in total. The molecule has 2 aromatic carbocycles. The number of aromatic nitrogens is 1. The first-order valence-electron chi connectivity index (χ1n) is 9.31. The number of benzene rings is 2. The van der Waals surface area contributed by atoms with E-state index in [-0.39, 0.29) is 11.3 Å². The number of hydrogen-bond donors (Lipinski definition) is 2. The summed E-state index contributed by atoms with van der Waals surface area (Å²) in [6.07, 6.45) is 4.50. The normalized spacial score (nSPS) is 11.1. The first-order valence-corrected chi connectivity index (χ1v) is 9.31. The number of amides is 1. The number of nitrogens with zero attached hydrogens (tertiary/aromatic N) is 1. The van der Waals surface area contributed by atoms with Crippen molar-refractivity contribution in [2.45, 2.75) is 13.8 Å². The lowest BCUT2D eigenvalue weighted by molar-refractivity contribution is -0.112. The van der Waals surface area contributed by atoms with Crippen molar-refractivity contribution >= 4 is 23.5 Å². The van der Waals surface area contributed by atoms with E-state index in [1.54, 1.807) is 68.6 Å². The average molecular weight is 402 g/mol. The molecule has 0 aliphatic carbocycles. The number of Topliss-reactive ketones (excluding diaryl/α,β-unsaturated/α-hetero) is 1. The van der Waals surface area contributed by atoms with Crippen LogP contribution in [0.4, 0.5) is 5.69 Å². The predicted molar refractivity (Wildman–Crippen MR) is 116 cm³/mol. The van der Waals surface area contributed by atoms with Gasteiger partial charge in [0.25, 0.3) is 5.91 Å². The van der Waals surface area contributed by atoms with Crippen molar-refractivity contribution in [1.82, 2.24) is 4.98 Å². The minimum Gasteiger partial charge on any atom is -0.507 e. The molecule has 0 fully saturated rings. The third kappa shape index (κ3) is 4.72. The summed E-state index contributed by atoms with van der Waals surface area (Å²) in [6.45, 7) is 3.53. The molecule has 1 aromatic heterocycles. The van der Waals surface area contributed by atoms with Gasteiger partial charge in [-0.3, -0.25) is 14.6 Å². The standard InChI is InChI=1S/C24H22N2O4/c1-15-10-17(11-16(2)22(15)27)12-21(23(28)18-6-5-9-25-14-18)24(29)26-19-7-4-8-20(13-19)30-3/h4-14,27H,1-3H3,(H,26,29)/b21-12+. The molecular weight excluding hydrogens is 380 g/mol. The van der Waals surface area contributed by atoms with E-state index in [0.29, 0.717) is 33.7 Å². The van der Waals surface area contributed by atoms with Crippen molar-refractivity contribution in [2.75, 3.05) is 12.4 Å². The van der Waals surface area contributed by atoms with Crippen molar-refractivity contribution in [3.05, 3.63) is 88.8 Å². The highest BCUT2D eigenvalue weighted by molar-refractivity contribution is 6.31. The summed E-state index contributed by atoms with van der Waals surface area (Å²) >= 11 is 0. The van der Waals surface area contributed by atoms with Gasteiger partial charge in [0.05, 0.1) is 12.7 Å². The van der Waals surface area contributed by atoms with Gasteiger partial charge in [0.1, 0.15) is 11.5 Å². The molecule has 1 heterocycles. The number of rotatable bonds is 6. The second-order valence-electron chi connectivity index (χ2n) is 6.82. The highest BCUT2D eigenvalue weighted by atomic mass is 16.5. The fraction of sp³-hybridized carbons (Fsp3) is 0.125. The highest BCUT2D eigenvalue weighted by Gasteiger charge is 2.21. The number of aryl methyl sites for hydroxylation is 2. The summed E-state index contributed by atoms with van der Waals surface area (Å²) in [5.41, 5.74) is 2.70. The first kappa shape index (κ1) is 20.8. The van der Waals surface area contributed by atoms with Crippen molar-refractivity contribution in [1.29, 1.82) is 0 Å². The van der Waals surface area contributed by atoms with Gasteiger partial charge in [-0.15, -0.1) is 0 Å². The number of hydrogen-bond acceptors (Lipinski definition) is 5. The van der Waals surface area contributed by atoms with Gasteiger partial charge in [-0.2, -0.15) is 0 Å². The Bertz CT molecular complexity index is 1100. The monoisotopic (exact) mass is 402 g/mol. The van der Waals surface area contributed by atoms with Crippen molar-refractivity contribution in [3.63, 3.8) is 0 Å². The molecule has 0 spiro atoms. The number of ketones is 1. The Morgan fingerprint density at radius 1 is 1.07 bits per heavy atom. The molecule has 152 valence electrons. The third-order valence-corrected chi connectivity index (χ3v) is 4.56. The molecule has 1 amide bonds. The number of phenols is 1. The van der Waals surface area contributed by atoms with Gasteiger partial charge in [0.15, 0.2) is 5.78 Å². The number of carbonyl (C=O) groups excluding carboxylic acids is 2. The molecule has 0 radical (unpaired) electrons. The van der Waals surface area contributed by atoms with E-state index in [1.165, 1.54) is 19.4 Å². The lowest BCUT2D eigenvalue weighted by Crippen LogP contribution is -2.21. The number of methoxy groups -OCH3 is 1. The Balaban J connectivity index is 2.03. The predicted octanol–water partition coefficient (Wildman–Crippen LogP) is 4.32. The first-order chi connectivity index (χ1) is 14.4. The number of anilines is 1. The van der Waals surface area contributed by atoms with Gasteiger partial charge < -0.3 is 15.2 Å². The molecule has 0 unspecified atom stereocenters. The van der Waals surface area contributed by atoms with Gasteiger partial charge in [-0.05, 0) is 73.0 Å². The van der Waals surface area contributed by atoms with E-state index < -0.39 is 11.7 Å². The number of nitrogens with one attached hydrogen (secondary N) is 1. The lowest BCUT2D eigenvalue weighted by Gasteiger charge is -2.11. The van der Waals surface area contributed by atoms with Crippen LogP contribution in [0.25, 0.3) is 6.08 Å². The minimum absolute atomic E-state index is 0.0460. The van der Waals surface area contributed by atoms with Crippen LogP contribution in [0.3, 0.4) is 0 Å². The zero-order valence-corrected chi connectivity index (χ0v) is 17.0. The fourth-order valence-electron chi connectivity index (χ4n) is 3.03. The van der Waals surface area contributed by atoms with Crippen LogP contribution in [-0.4, -0.2) is 28.9 Å². The second kappa shape index (κ2) is 9.05. The van der Waals surface area contributed by atoms with Gasteiger partial charge in [-0.1, -0.05) is 6.07 Å². The van der Waals surface area contributed by atoms with E-state index in [9.17, 15) is 14.7 Å². The van der Waals surface area contributed by atoms with Crippen molar-refractivity contribution in [3.8, 4) is 11.5 Å². The average Bonchev–Trinajstić information content (AvgIpc) is 2.76. The van der Waals surface area contributed by atoms with Gasteiger partial charge in [0, 0.05) is 29.7 Å². The number of ether oxygens (including phenoxy) is 1. The van der Waals surface area contributed by atoms with Crippen molar-refractivity contribution in [2.24, 2.45) is 0 Å². The van der Waals surface area contributed by atoms with Crippen LogP contribution in [0.2, 0.25) is 0 Å². The van der Waals surface area contributed by atoms with Crippen LogP contribution >= 0.6 is 0 Å². The van der Waals surface area contributed by atoms with Gasteiger partial charge in [0.2, 0.25) is 0 Å². The summed E-state index contributed by atoms with van der Waals surface area (Å²) in [7, 11) is 1.54. The molecule has 3 aromatic rings. The zero-order valence-electron chi connectivity index (χ0n) is 17.0. The maximum Gasteiger partial charge on any atom is 0.259 e. The molecule has 0 atom stereocenters. The lowest BCUT2D eigenvalue weighted by atomic mass is 9.99. The van der Waals surface area contributed by atoms with E-state index in [2.05, 4.69) is 10.3 Å². The Morgan fingerprint density at radius 2 is 1.80 bits per heavy atom. The third-order valence-electron chi connectivity index (χ3n) is 4.56. The summed E-state index contributed by atoms with van der Waals surface area (Å²) in [5, 5.41) is 12.8. The quantitative estimate of drug-likeness (QED) is 0.277. The smallest absolute Gasteiger partial charge is 0.259 e. The van der Waals surface area contributed by atoms with Crippen LogP contribution in [0.5, 0.6) is 11.5 Å². The van der Waals surface area contributed by atoms with E-state index >= 15 is 0 Å². The summed E-state index contributed by atoms with van der Waals surface area (Å²) in [5.74, 6) is -0.234. The molecule has 0 bridgehead atoms. The minimum atomic E-state index is -0.555.